The Balaban J connectivity index is 2.81. The van der Waals surface area contributed by atoms with Crippen molar-refractivity contribution in [2.45, 2.75) is 12.5 Å². The van der Waals surface area contributed by atoms with E-state index >= 15 is 0 Å². The molecule has 1 rings (SSSR count). The Morgan fingerprint density at radius 1 is 1.75 bits per heavy atom. The van der Waals surface area contributed by atoms with Gasteiger partial charge in [0.2, 0.25) is 0 Å². The van der Waals surface area contributed by atoms with Crippen LogP contribution in [0.3, 0.4) is 0 Å². The van der Waals surface area contributed by atoms with Gasteiger partial charge in [0, 0.05) is 31.5 Å². The molecule has 1 heterocycles. The quantitative estimate of drug-likeness (QED) is 0.430. The van der Waals surface area contributed by atoms with Crippen molar-refractivity contribution < 1.29 is 5.11 Å². The molecule has 0 aliphatic carbocycles. The van der Waals surface area contributed by atoms with E-state index in [1.54, 1.807) is 6.92 Å². The number of hydrazine groups is 1. The summed E-state index contributed by atoms with van der Waals surface area (Å²) < 4.78 is 1.89. The minimum atomic E-state index is -0.893. The van der Waals surface area contributed by atoms with Crippen LogP contribution in [-0.2, 0) is 12.6 Å². The molecule has 0 bridgehead atoms. The molecule has 0 amide bonds. The van der Waals surface area contributed by atoms with E-state index in [0.717, 1.165) is 5.56 Å². The lowest BCUT2D eigenvalue weighted by molar-refractivity contribution is 0.0572. The number of rotatable bonds is 3. The Labute approximate surface area is 72.0 Å². The number of hydrogen-bond donors (Lipinski definition) is 3. The summed E-state index contributed by atoms with van der Waals surface area (Å²) in [6.45, 7) is 2.07. The summed E-state index contributed by atoms with van der Waals surface area (Å²) in [5, 5.41) is 9.84. The zero-order valence-corrected chi connectivity index (χ0v) is 7.41. The molecular weight excluding hydrogens is 154 g/mol. The molecule has 4 heteroatoms. The van der Waals surface area contributed by atoms with Gasteiger partial charge in [-0.15, -0.1) is 0 Å². The van der Waals surface area contributed by atoms with Crippen LogP contribution in [0.25, 0.3) is 0 Å². The normalized spacial score (nSPS) is 16.0. The molecule has 68 valence electrons. The molecule has 0 radical (unpaired) electrons. The van der Waals surface area contributed by atoms with Crippen molar-refractivity contribution >= 4 is 0 Å². The van der Waals surface area contributed by atoms with Crippen LogP contribution in [0, 0.1) is 0 Å². The maximum atomic E-state index is 9.84. The van der Waals surface area contributed by atoms with E-state index in [-0.39, 0.29) is 0 Å². The molecule has 0 saturated heterocycles. The molecule has 1 atom stereocenters. The van der Waals surface area contributed by atoms with Gasteiger partial charge in [0.1, 0.15) is 5.60 Å². The summed E-state index contributed by atoms with van der Waals surface area (Å²) in [5.41, 5.74) is 2.43. The van der Waals surface area contributed by atoms with Crippen LogP contribution in [-0.4, -0.2) is 16.2 Å². The van der Waals surface area contributed by atoms with E-state index in [1.807, 2.05) is 30.1 Å². The summed E-state index contributed by atoms with van der Waals surface area (Å²) >= 11 is 0. The van der Waals surface area contributed by atoms with Crippen molar-refractivity contribution in [3.63, 3.8) is 0 Å². The topological polar surface area (TPSA) is 63.2 Å². The Hall–Kier alpha value is -0.840. The first-order valence-electron chi connectivity index (χ1n) is 3.84. The number of nitrogens with zero attached hydrogens (tertiary/aromatic N) is 1. The lowest BCUT2D eigenvalue weighted by Crippen LogP contribution is -2.38. The Bertz CT molecular complexity index is 255. The van der Waals surface area contributed by atoms with E-state index in [0.29, 0.717) is 6.54 Å². The highest BCUT2D eigenvalue weighted by Gasteiger charge is 2.22. The van der Waals surface area contributed by atoms with Crippen LogP contribution in [0.5, 0.6) is 0 Å². The molecular formula is C8H15N3O. The van der Waals surface area contributed by atoms with Gasteiger partial charge in [-0.3, -0.25) is 11.3 Å². The second-order valence-electron chi connectivity index (χ2n) is 3.22. The maximum Gasteiger partial charge on any atom is 0.102 e. The average molecular weight is 169 g/mol. The van der Waals surface area contributed by atoms with Gasteiger partial charge in [-0.2, -0.15) is 0 Å². The maximum absolute atomic E-state index is 9.84. The third kappa shape index (κ3) is 1.85. The monoisotopic (exact) mass is 169 g/mol. The second kappa shape index (κ2) is 3.26. The smallest absolute Gasteiger partial charge is 0.102 e. The first-order valence-corrected chi connectivity index (χ1v) is 3.84. The molecule has 0 saturated carbocycles. The fourth-order valence-corrected chi connectivity index (χ4v) is 1.12. The highest BCUT2D eigenvalue weighted by Crippen LogP contribution is 2.18. The van der Waals surface area contributed by atoms with E-state index in [2.05, 4.69) is 5.43 Å². The highest BCUT2D eigenvalue weighted by molar-refractivity contribution is 5.18. The molecule has 1 aromatic rings. The lowest BCUT2D eigenvalue weighted by Gasteiger charge is -2.21. The summed E-state index contributed by atoms with van der Waals surface area (Å²) in [5.74, 6) is 5.14. The van der Waals surface area contributed by atoms with Crippen molar-refractivity contribution in [1.82, 2.24) is 9.99 Å². The third-order valence-electron chi connectivity index (χ3n) is 1.90. The number of aryl methyl sites for hydroxylation is 1. The standard InChI is InChI=1S/C8H15N3O/c1-8(12,6-10-9)7-3-4-11(2)5-7/h3-5,10,12H,6,9H2,1-2H3. The first kappa shape index (κ1) is 9.25. The lowest BCUT2D eigenvalue weighted by atomic mass is 10.00. The van der Waals surface area contributed by atoms with Gasteiger partial charge < -0.3 is 9.67 Å². The number of hydrogen-bond acceptors (Lipinski definition) is 3. The Morgan fingerprint density at radius 2 is 2.42 bits per heavy atom. The van der Waals surface area contributed by atoms with Crippen LogP contribution in [0.15, 0.2) is 18.5 Å². The van der Waals surface area contributed by atoms with E-state index < -0.39 is 5.60 Å². The van der Waals surface area contributed by atoms with Crippen LogP contribution in [0.1, 0.15) is 12.5 Å². The van der Waals surface area contributed by atoms with Crippen LogP contribution < -0.4 is 11.3 Å². The minimum Gasteiger partial charge on any atom is -0.384 e. The first-order chi connectivity index (χ1) is 5.56. The summed E-state index contributed by atoms with van der Waals surface area (Å²) in [6, 6.07) is 1.87. The Morgan fingerprint density at radius 3 is 2.83 bits per heavy atom. The van der Waals surface area contributed by atoms with Crippen molar-refractivity contribution in [1.29, 1.82) is 0 Å². The van der Waals surface area contributed by atoms with Crippen LogP contribution >= 0.6 is 0 Å². The summed E-state index contributed by atoms with van der Waals surface area (Å²) in [7, 11) is 1.91. The predicted molar refractivity (Wildman–Crippen MR) is 47.2 cm³/mol. The average Bonchev–Trinajstić information content (AvgIpc) is 2.36. The summed E-state index contributed by atoms with van der Waals surface area (Å²) in [4.78, 5) is 0. The van der Waals surface area contributed by atoms with E-state index in [9.17, 15) is 5.11 Å². The van der Waals surface area contributed by atoms with Crippen molar-refractivity contribution in [3.05, 3.63) is 24.0 Å². The molecule has 0 aliphatic heterocycles. The van der Waals surface area contributed by atoms with Gasteiger partial charge in [0.25, 0.3) is 0 Å². The molecule has 1 aromatic heterocycles. The molecule has 0 spiro atoms. The van der Waals surface area contributed by atoms with Gasteiger partial charge in [-0.25, -0.2) is 0 Å². The second-order valence-corrected chi connectivity index (χ2v) is 3.22. The highest BCUT2D eigenvalue weighted by atomic mass is 16.3. The SMILES string of the molecule is Cn1ccc(C(C)(O)CNN)c1. The molecule has 4 nitrogen and oxygen atoms in total. The van der Waals surface area contributed by atoms with E-state index in [1.165, 1.54) is 0 Å². The van der Waals surface area contributed by atoms with Gasteiger partial charge in [0.15, 0.2) is 0 Å². The van der Waals surface area contributed by atoms with Crippen molar-refractivity contribution in [2.24, 2.45) is 12.9 Å². The van der Waals surface area contributed by atoms with E-state index in [4.69, 9.17) is 5.84 Å². The van der Waals surface area contributed by atoms with Crippen LogP contribution in [0.4, 0.5) is 0 Å². The fraction of sp³-hybridized carbons (Fsp3) is 0.500. The number of nitrogens with one attached hydrogen (secondary N) is 1. The largest absolute Gasteiger partial charge is 0.384 e. The van der Waals surface area contributed by atoms with Crippen molar-refractivity contribution in [3.8, 4) is 0 Å². The minimum absolute atomic E-state index is 0.344. The van der Waals surface area contributed by atoms with Crippen molar-refractivity contribution in [2.75, 3.05) is 6.54 Å². The van der Waals surface area contributed by atoms with Crippen LogP contribution in [0.2, 0.25) is 0 Å². The fourth-order valence-electron chi connectivity index (χ4n) is 1.12. The number of nitrogens with two attached hydrogens (primary N) is 1. The third-order valence-corrected chi connectivity index (χ3v) is 1.90. The molecule has 0 aliphatic rings. The van der Waals surface area contributed by atoms with Gasteiger partial charge in [-0.1, -0.05) is 0 Å². The molecule has 0 aromatic carbocycles. The zero-order chi connectivity index (χ0) is 9.19. The zero-order valence-electron chi connectivity index (χ0n) is 7.41. The summed E-state index contributed by atoms with van der Waals surface area (Å²) in [6.07, 6.45) is 3.76. The van der Waals surface area contributed by atoms with Gasteiger partial charge in [-0.05, 0) is 13.0 Å². The number of aromatic nitrogens is 1. The molecule has 1 unspecified atom stereocenters. The molecule has 4 N–H and O–H groups in total. The van der Waals surface area contributed by atoms with Gasteiger partial charge in [0.05, 0.1) is 0 Å². The van der Waals surface area contributed by atoms with Gasteiger partial charge >= 0.3 is 0 Å². The predicted octanol–water partition coefficient (Wildman–Crippen LogP) is -0.304. The molecule has 0 fully saturated rings. The Kier molecular flexibility index (Phi) is 2.52. The number of aliphatic hydroxyl groups is 1. The molecule has 12 heavy (non-hydrogen) atoms.